The molecular formula is C9H5BrF3N3S. The third-order valence-corrected chi connectivity index (χ3v) is 3.71. The Morgan fingerprint density at radius 1 is 1.29 bits per heavy atom. The molecule has 17 heavy (non-hydrogen) atoms. The van der Waals surface area contributed by atoms with E-state index >= 15 is 0 Å². The van der Waals surface area contributed by atoms with Crippen molar-refractivity contribution in [3.63, 3.8) is 0 Å². The number of alkyl halides is 3. The maximum Gasteiger partial charge on any atom is 0.451 e. The van der Waals surface area contributed by atoms with Crippen LogP contribution in [0.25, 0.3) is 10.6 Å². The molecule has 0 aliphatic rings. The van der Waals surface area contributed by atoms with E-state index in [4.69, 9.17) is 5.73 Å². The molecule has 2 rings (SSSR count). The number of nitrogens with two attached hydrogens (primary N) is 1. The van der Waals surface area contributed by atoms with E-state index < -0.39 is 12.0 Å². The number of nitrogens with zero attached hydrogens (tertiary/aromatic N) is 2. The van der Waals surface area contributed by atoms with E-state index in [0.717, 1.165) is 0 Å². The van der Waals surface area contributed by atoms with Gasteiger partial charge in [-0.3, -0.25) is 0 Å². The van der Waals surface area contributed by atoms with E-state index in [1.54, 1.807) is 11.4 Å². The Kier molecular flexibility index (Phi) is 3.09. The Bertz CT molecular complexity index is 553. The molecule has 3 nitrogen and oxygen atoms in total. The van der Waals surface area contributed by atoms with Gasteiger partial charge in [0.25, 0.3) is 0 Å². The molecule has 0 aromatic carbocycles. The van der Waals surface area contributed by atoms with Crippen LogP contribution < -0.4 is 5.73 Å². The summed E-state index contributed by atoms with van der Waals surface area (Å²) in [5, 5.41) is 1.74. The fraction of sp³-hybridized carbons (Fsp3) is 0.111. The zero-order chi connectivity index (χ0) is 12.6. The van der Waals surface area contributed by atoms with Gasteiger partial charge in [0, 0.05) is 10.5 Å². The van der Waals surface area contributed by atoms with Gasteiger partial charge in [-0.05, 0) is 27.4 Å². The molecular weight excluding hydrogens is 319 g/mol. The summed E-state index contributed by atoms with van der Waals surface area (Å²) in [5.74, 6) is -1.43. The highest BCUT2D eigenvalue weighted by Crippen LogP contribution is 2.35. The van der Waals surface area contributed by atoms with Crippen molar-refractivity contribution in [3.05, 3.63) is 27.8 Å². The smallest absolute Gasteiger partial charge is 0.384 e. The van der Waals surface area contributed by atoms with Crippen LogP contribution in [0.4, 0.5) is 19.0 Å². The first kappa shape index (κ1) is 12.3. The molecule has 0 radical (unpaired) electrons. The Balaban J connectivity index is 2.57. The number of halogens is 4. The fourth-order valence-electron chi connectivity index (χ4n) is 1.19. The lowest BCUT2D eigenvalue weighted by Gasteiger charge is -2.07. The van der Waals surface area contributed by atoms with Gasteiger partial charge < -0.3 is 5.73 Å². The largest absolute Gasteiger partial charge is 0.451 e. The zero-order valence-corrected chi connectivity index (χ0v) is 10.5. The van der Waals surface area contributed by atoms with Gasteiger partial charge in [-0.1, -0.05) is 0 Å². The zero-order valence-electron chi connectivity index (χ0n) is 8.12. The summed E-state index contributed by atoms with van der Waals surface area (Å²) in [6.07, 6.45) is -4.60. The highest BCUT2D eigenvalue weighted by molar-refractivity contribution is 9.10. The summed E-state index contributed by atoms with van der Waals surface area (Å²) in [6, 6.07) is 3.04. The van der Waals surface area contributed by atoms with Gasteiger partial charge >= 0.3 is 6.18 Å². The minimum atomic E-state index is -4.60. The minimum Gasteiger partial charge on any atom is -0.384 e. The van der Waals surface area contributed by atoms with Gasteiger partial charge in [0.1, 0.15) is 5.82 Å². The first-order valence-electron chi connectivity index (χ1n) is 4.33. The van der Waals surface area contributed by atoms with Crippen LogP contribution in [-0.2, 0) is 6.18 Å². The molecule has 2 N–H and O–H groups in total. The number of hydrogen-bond acceptors (Lipinski definition) is 4. The van der Waals surface area contributed by atoms with Gasteiger partial charge in [-0.25, -0.2) is 9.97 Å². The first-order valence-corrected chi connectivity index (χ1v) is 6.00. The number of anilines is 1. The molecule has 2 heterocycles. The Labute approximate surface area is 107 Å². The van der Waals surface area contributed by atoms with Gasteiger partial charge in [-0.2, -0.15) is 13.2 Å². The van der Waals surface area contributed by atoms with E-state index in [-0.39, 0.29) is 11.5 Å². The second-order valence-corrected chi connectivity index (χ2v) is 4.87. The lowest BCUT2D eigenvalue weighted by Crippen LogP contribution is -2.12. The molecule has 0 aliphatic heterocycles. The van der Waals surface area contributed by atoms with Crippen LogP contribution in [0.5, 0.6) is 0 Å². The molecule has 0 saturated carbocycles. The van der Waals surface area contributed by atoms with Crippen molar-refractivity contribution in [2.24, 2.45) is 0 Å². The van der Waals surface area contributed by atoms with E-state index in [1.165, 1.54) is 17.4 Å². The molecule has 0 saturated heterocycles. The van der Waals surface area contributed by atoms with Crippen molar-refractivity contribution in [2.75, 3.05) is 5.73 Å². The first-order chi connectivity index (χ1) is 7.88. The van der Waals surface area contributed by atoms with Crippen LogP contribution in [-0.4, -0.2) is 9.97 Å². The van der Waals surface area contributed by atoms with E-state index in [9.17, 15) is 13.2 Å². The van der Waals surface area contributed by atoms with Crippen LogP contribution in [0.3, 0.4) is 0 Å². The second kappa shape index (κ2) is 4.26. The summed E-state index contributed by atoms with van der Waals surface area (Å²) in [6.45, 7) is 0. The highest BCUT2D eigenvalue weighted by Gasteiger charge is 2.35. The lowest BCUT2D eigenvalue weighted by atomic mass is 10.3. The topological polar surface area (TPSA) is 51.8 Å². The van der Waals surface area contributed by atoms with Crippen molar-refractivity contribution >= 4 is 33.1 Å². The molecule has 0 atom stereocenters. The molecule has 8 heteroatoms. The van der Waals surface area contributed by atoms with Crippen LogP contribution in [0.15, 0.2) is 22.0 Å². The van der Waals surface area contributed by atoms with Crippen molar-refractivity contribution in [1.29, 1.82) is 0 Å². The maximum atomic E-state index is 12.5. The quantitative estimate of drug-likeness (QED) is 0.872. The minimum absolute atomic E-state index is 0.159. The van der Waals surface area contributed by atoms with Crippen molar-refractivity contribution in [1.82, 2.24) is 9.97 Å². The lowest BCUT2D eigenvalue weighted by molar-refractivity contribution is -0.144. The molecule has 0 aliphatic carbocycles. The standard InChI is InChI=1S/C9H5BrF3N3S/c10-4-1-2-17-7(4)5-3-6(14)16-8(15-5)9(11,12)13/h1-3H,(H2,14,15,16). The molecule has 0 amide bonds. The maximum absolute atomic E-state index is 12.5. The molecule has 2 aromatic rings. The summed E-state index contributed by atoms with van der Waals surface area (Å²) >= 11 is 4.50. The van der Waals surface area contributed by atoms with Crippen molar-refractivity contribution < 1.29 is 13.2 Å². The summed E-state index contributed by atoms with van der Waals surface area (Å²) in [4.78, 5) is 7.24. The van der Waals surface area contributed by atoms with Crippen LogP contribution in [0.1, 0.15) is 5.82 Å². The molecule has 90 valence electrons. The monoisotopic (exact) mass is 323 g/mol. The van der Waals surface area contributed by atoms with E-state index in [0.29, 0.717) is 9.35 Å². The average Bonchev–Trinajstić information content (AvgIpc) is 2.62. The van der Waals surface area contributed by atoms with Gasteiger partial charge in [0.15, 0.2) is 0 Å². The second-order valence-electron chi connectivity index (χ2n) is 3.10. The summed E-state index contributed by atoms with van der Waals surface area (Å²) in [7, 11) is 0. The summed E-state index contributed by atoms with van der Waals surface area (Å²) in [5.41, 5.74) is 5.51. The van der Waals surface area contributed by atoms with Crippen LogP contribution >= 0.6 is 27.3 Å². The third-order valence-electron chi connectivity index (χ3n) is 1.85. The van der Waals surface area contributed by atoms with Gasteiger partial charge in [0.2, 0.25) is 5.82 Å². The Morgan fingerprint density at radius 2 is 2.00 bits per heavy atom. The van der Waals surface area contributed by atoms with E-state index in [1.807, 2.05) is 0 Å². The van der Waals surface area contributed by atoms with Crippen molar-refractivity contribution in [3.8, 4) is 10.6 Å². The Hall–Kier alpha value is -1.15. The van der Waals surface area contributed by atoms with Gasteiger partial charge in [0.05, 0.1) is 10.6 Å². The third kappa shape index (κ3) is 2.58. The predicted octanol–water partition coefficient (Wildman–Crippen LogP) is 3.57. The van der Waals surface area contributed by atoms with E-state index in [2.05, 4.69) is 25.9 Å². The highest BCUT2D eigenvalue weighted by atomic mass is 79.9. The molecule has 0 bridgehead atoms. The number of aromatic nitrogens is 2. The molecule has 0 fully saturated rings. The fourth-order valence-corrected chi connectivity index (χ4v) is 2.72. The molecule has 2 aromatic heterocycles. The SMILES string of the molecule is Nc1cc(-c2sccc2Br)nc(C(F)(F)F)n1. The van der Waals surface area contributed by atoms with Gasteiger partial charge in [-0.15, -0.1) is 11.3 Å². The number of hydrogen-bond donors (Lipinski definition) is 1. The van der Waals surface area contributed by atoms with Crippen LogP contribution in [0.2, 0.25) is 0 Å². The molecule has 0 spiro atoms. The summed E-state index contributed by atoms with van der Waals surface area (Å²) < 4.78 is 38.2. The predicted molar refractivity (Wildman–Crippen MR) is 62.5 cm³/mol. The Morgan fingerprint density at radius 3 is 2.53 bits per heavy atom. The van der Waals surface area contributed by atoms with Crippen LogP contribution in [0, 0.1) is 0 Å². The number of rotatable bonds is 1. The molecule has 0 unspecified atom stereocenters. The normalized spacial score (nSPS) is 11.8. The number of thiophene rings is 1. The number of nitrogen functional groups attached to an aromatic ring is 1. The van der Waals surface area contributed by atoms with Crippen molar-refractivity contribution in [2.45, 2.75) is 6.18 Å². The average molecular weight is 324 g/mol.